The van der Waals surface area contributed by atoms with Crippen molar-refractivity contribution in [2.45, 2.75) is 16.7 Å². The summed E-state index contributed by atoms with van der Waals surface area (Å²) in [6, 6.07) is 45.8. The van der Waals surface area contributed by atoms with Crippen LogP contribution in [-0.4, -0.2) is 30.2 Å². The van der Waals surface area contributed by atoms with Crippen molar-refractivity contribution in [3.8, 4) is 11.1 Å². The second-order valence-corrected chi connectivity index (χ2v) is 11.6. The van der Waals surface area contributed by atoms with Gasteiger partial charge in [-0.3, -0.25) is 4.79 Å². The maximum absolute atomic E-state index is 13.3. The van der Waals surface area contributed by atoms with Crippen LogP contribution in [-0.2, 0) is 19.1 Å². The summed E-state index contributed by atoms with van der Waals surface area (Å²) in [5, 5.41) is 0. The number of esters is 1. The maximum Gasteiger partial charge on any atom is 0.376 e. The number of carbonyl (C=O) groups excluding carboxylic acids is 2. The molecule has 208 valence electrons. The van der Waals surface area contributed by atoms with Gasteiger partial charge >= 0.3 is 5.97 Å². The van der Waals surface area contributed by atoms with E-state index in [-0.39, 0.29) is 18.3 Å². The maximum atomic E-state index is 13.3. The number of benzene rings is 5. The number of fused-ring (bicyclic) bond motifs is 3. The number of carbonyl (C=O) groups is 2. The topological polar surface area (TPSA) is 69.4 Å². The highest BCUT2D eigenvalue weighted by Gasteiger charge is 2.39. The van der Waals surface area contributed by atoms with Gasteiger partial charge in [0, 0.05) is 11.7 Å². The predicted octanol–water partition coefficient (Wildman–Crippen LogP) is 6.96. The van der Waals surface area contributed by atoms with Crippen LogP contribution in [0.1, 0.15) is 33.7 Å². The van der Waals surface area contributed by atoms with E-state index >= 15 is 0 Å². The molecular formula is C37H31NO3S. The van der Waals surface area contributed by atoms with Crippen molar-refractivity contribution in [1.29, 1.82) is 0 Å². The van der Waals surface area contributed by atoms with E-state index in [0.717, 1.165) is 38.9 Å². The number of Topliss-reactive ketones (excluding diaryl/α,β-unsaturated/α-hetero) is 1. The largest absolute Gasteiger partial charge is 0.459 e. The van der Waals surface area contributed by atoms with Crippen LogP contribution in [0.5, 0.6) is 0 Å². The predicted molar refractivity (Wildman–Crippen MR) is 169 cm³/mol. The van der Waals surface area contributed by atoms with E-state index in [9.17, 15) is 9.59 Å². The highest BCUT2D eigenvalue weighted by atomic mass is 32.2. The molecule has 5 heteroatoms. The molecule has 0 heterocycles. The molecule has 0 amide bonds. The molecule has 42 heavy (non-hydrogen) atoms. The van der Waals surface area contributed by atoms with E-state index < -0.39 is 22.5 Å². The molecule has 4 nitrogen and oxygen atoms in total. The zero-order chi connectivity index (χ0) is 28.9. The van der Waals surface area contributed by atoms with Crippen molar-refractivity contribution in [2.24, 2.45) is 5.73 Å². The molecule has 5 aromatic rings. The van der Waals surface area contributed by atoms with Gasteiger partial charge in [0.2, 0.25) is 0 Å². The number of hydrogen-bond donors (Lipinski definition) is 1. The fourth-order valence-corrected chi connectivity index (χ4v) is 7.37. The third-order valence-electron chi connectivity index (χ3n) is 7.90. The molecule has 0 aliphatic heterocycles. The zero-order valence-corrected chi connectivity index (χ0v) is 23.9. The molecule has 1 atom stereocenters. The van der Waals surface area contributed by atoms with E-state index in [1.165, 1.54) is 0 Å². The summed E-state index contributed by atoms with van der Waals surface area (Å²) in [5.74, 6) is -1.51. The van der Waals surface area contributed by atoms with Crippen LogP contribution in [0.25, 0.3) is 11.1 Å². The number of thioether (sulfide) groups is 1. The second kappa shape index (κ2) is 12.2. The quantitative estimate of drug-likeness (QED) is 0.112. The summed E-state index contributed by atoms with van der Waals surface area (Å²) < 4.78 is 4.99. The lowest BCUT2D eigenvalue weighted by Gasteiger charge is -2.36. The van der Waals surface area contributed by atoms with Crippen molar-refractivity contribution in [3.05, 3.63) is 167 Å². The van der Waals surface area contributed by atoms with Gasteiger partial charge in [-0.25, -0.2) is 4.79 Å². The van der Waals surface area contributed by atoms with E-state index in [1.807, 2.05) is 91.0 Å². The minimum atomic E-state index is -1.03. The molecule has 0 radical (unpaired) electrons. The Morgan fingerprint density at radius 3 is 1.50 bits per heavy atom. The Balaban J connectivity index is 1.21. The Labute approximate surface area is 250 Å². The smallest absolute Gasteiger partial charge is 0.376 e. The van der Waals surface area contributed by atoms with Crippen LogP contribution >= 0.6 is 11.8 Å². The third kappa shape index (κ3) is 5.18. The van der Waals surface area contributed by atoms with E-state index in [1.54, 1.807) is 11.8 Å². The first-order valence-corrected chi connectivity index (χ1v) is 15.0. The monoisotopic (exact) mass is 569 g/mol. The summed E-state index contributed by atoms with van der Waals surface area (Å²) in [6.45, 7) is 0.0838. The summed E-state index contributed by atoms with van der Waals surface area (Å²) in [7, 11) is 0. The molecular weight excluding hydrogens is 538 g/mol. The molecule has 0 unspecified atom stereocenters. The van der Waals surface area contributed by atoms with Crippen molar-refractivity contribution < 1.29 is 14.3 Å². The lowest BCUT2D eigenvalue weighted by Crippen LogP contribution is -2.41. The second-order valence-electron chi connectivity index (χ2n) is 10.4. The van der Waals surface area contributed by atoms with Gasteiger partial charge in [0.05, 0.1) is 10.8 Å². The number of hydrogen-bond acceptors (Lipinski definition) is 5. The van der Waals surface area contributed by atoms with Crippen molar-refractivity contribution in [2.75, 3.05) is 12.4 Å². The molecule has 0 aromatic heterocycles. The first kappa shape index (κ1) is 27.7. The number of rotatable bonds is 10. The van der Waals surface area contributed by atoms with Gasteiger partial charge in [-0.05, 0) is 38.9 Å². The summed E-state index contributed by atoms with van der Waals surface area (Å²) in [5.41, 5.74) is 14.1. The fourth-order valence-electron chi connectivity index (χ4n) is 5.88. The zero-order valence-electron chi connectivity index (χ0n) is 23.1. The number of nitrogens with two attached hydrogens (primary N) is 1. The van der Waals surface area contributed by atoms with Crippen LogP contribution in [0.15, 0.2) is 140 Å². The Morgan fingerprint density at radius 2 is 1.05 bits per heavy atom. The van der Waals surface area contributed by atoms with Crippen LogP contribution in [0.3, 0.4) is 0 Å². The Morgan fingerprint density at radius 1 is 0.643 bits per heavy atom. The van der Waals surface area contributed by atoms with Crippen molar-refractivity contribution in [3.63, 3.8) is 0 Å². The highest BCUT2D eigenvalue weighted by molar-refractivity contribution is 8.00. The third-order valence-corrected chi connectivity index (χ3v) is 9.57. The van der Waals surface area contributed by atoms with Gasteiger partial charge in [-0.1, -0.05) is 140 Å². The van der Waals surface area contributed by atoms with Crippen molar-refractivity contribution in [1.82, 2.24) is 0 Å². The standard InChI is InChI=1S/C37H31NO3S/c38-34(35(39)36(40)41-24-33-31-22-12-10-20-29(31)30-21-11-13-23-32(30)33)25-42-37(26-14-4-1-5-15-26,27-16-6-2-7-17-27)28-18-8-3-9-19-28/h1-23,33-34H,24-25,38H2/t34-/m0/s1. The molecule has 0 fully saturated rings. The van der Waals surface area contributed by atoms with Crippen LogP contribution in [0.2, 0.25) is 0 Å². The molecule has 1 aliphatic rings. The van der Waals surface area contributed by atoms with Gasteiger partial charge in [0.25, 0.3) is 5.78 Å². The van der Waals surface area contributed by atoms with E-state index in [4.69, 9.17) is 10.5 Å². The summed E-state index contributed by atoms with van der Waals surface area (Å²) in [6.07, 6.45) is 0. The normalized spacial score (nSPS) is 13.2. The molecule has 2 N–H and O–H groups in total. The lowest BCUT2D eigenvalue weighted by molar-refractivity contribution is -0.154. The molecule has 0 spiro atoms. The number of ketones is 1. The molecule has 6 rings (SSSR count). The Hall–Kier alpha value is -4.45. The first-order valence-electron chi connectivity index (χ1n) is 14.0. The van der Waals surface area contributed by atoms with Gasteiger partial charge in [-0.15, -0.1) is 11.8 Å². The molecule has 0 saturated heterocycles. The molecule has 0 bridgehead atoms. The average Bonchev–Trinajstić information content (AvgIpc) is 3.38. The van der Waals surface area contributed by atoms with Gasteiger partial charge in [0.1, 0.15) is 6.61 Å². The minimum absolute atomic E-state index is 0.0838. The Kier molecular flexibility index (Phi) is 8.04. The van der Waals surface area contributed by atoms with Crippen molar-refractivity contribution >= 4 is 23.5 Å². The highest BCUT2D eigenvalue weighted by Crippen LogP contribution is 2.48. The first-order chi connectivity index (χ1) is 20.6. The van der Waals surface area contributed by atoms with E-state index in [0.29, 0.717) is 0 Å². The summed E-state index contributed by atoms with van der Waals surface area (Å²) in [4.78, 5) is 26.3. The summed E-state index contributed by atoms with van der Waals surface area (Å²) >= 11 is 1.55. The van der Waals surface area contributed by atoms with Gasteiger partial charge in [0.15, 0.2) is 0 Å². The lowest BCUT2D eigenvalue weighted by atomic mass is 9.84. The molecule has 5 aromatic carbocycles. The molecule has 1 aliphatic carbocycles. The number of ether oxygens (including phenoxy) is 1. The fraction of sp³-hybridized carbons (Fsp3) is 0.135. The van der Waals surface area contributed by atoms with Gasteiger partial charge in [-0.2, -0.15) is 0 Å². The van der Waals surface area contributed by atoms with Crippen LogP contribution in [0, 0.1) is 0 Å². The van der Waals surface area contributed by atoms with Gasteiger partial charge < -0.3 is 10.5 Å². The van der Waals surface area contributed by atoms with E-state index in [2.05, 4.69) is 48.5 Å². The molecule has 0 saturated carbocycles. The Bertz CT molecular complexity index is 1550. The van der Waals surface area contributed by atoms with Crippen LogP contribution < -0.4 is 5.73 Å². The SMILES string of the molecule is N[C@@H](CSC(c1ccccc1)(c1ccccc1)c1ccccc1)C(=O)C(=O)OCC1c2ccccc2-c2ccccc21. The minimum Gasteiger partial charge on any atom is -0.459 e. The average molecular weight is 570 g/mol. The van der Waals surface area contributed by atoms with Crippen LogP contribution in [0.4, 0.5) is 0 Å².